The average molecular weight is 271 g/mol. The molecule has 1 N–H and O–H groups in total. The van der Waals surface area contributed by atoms with Gasteiger partial charge in [0.2, 0.25) is 0 Å². The third-order valence-corrected chi connectivity index (χ3v) is 5.65. The SMILES string of the molecule is O=C(O)C1CC2CCC1N2C1CCc2ccccc2C1. The van der Waals surface area contributed by atoms with Crippen LogP contribution >= 0.6 is 0 Å². The molecule has 1 aromatic carbocycles. The molecule has 4 rings (SSSR count). The van der Waals surface area contributed by atoms with Gasteiger partial charge in [0.25, 0.3) is 0 Å². The number of hydrogen-bond acceptors (Lipinski definition) is 2. The Bertz CT molecular complexity index is 542. The molecule has 0 amide bonds. The molecule has 1 aromatic rings. The van der Waals surface area contributed by atoms with E-state index < -0.39 is 5.97 Å². The molecule has 3 aliphatic rings. The molecular formula is C17H21NO2. The van der Waals surface area contributed by atoms with E-state index in [2.05, 4.69) is 29.2 Å². The lowest BCUT2D eigenvalue weighted by molar-refractivity contribution is -0.142. The first-order valence-electron chi connectivity index (χ1n) is 7.81. The molecule has 0 aromatic heterocycles. The van der Waals surface area contributed by atoms with E-state index in [0.717, 1.165) is 25.7 Å². The highest BCUT2D eigenvalue weighted by Crippen LogP contribution is 2.45. The Morgan fingerprint density at radius 3 is 2.65 bits per heavy atom. The highest BCUT2D eigenvalue weighted by Gasteiger charge is 2.51. The van der Waals surface area contributed by atoms with E-state index >= 15 is 0 Å². The molecule has 4 unspecified atom stereocenters. The summed E-state index contributed by atoms with van der Waals surface area (Å²) in [6, 6.07) is 10.1. The Hall–Kier alpha value is -1.35. The summed E-state index contributed by atoms with van der Waals surface area (Å²) in [6.07, 6.45) is 6.60. The number of aliphatic carboxylic acids is 1. The van der Waals surface area contributed by atoms with Crippen molar-refractivity contribution < 1.29 is 9.90 Å². The van der Waals surface area contributed by atoms with Gasteiger partial charge in [-0.2, -0.15) is 0 Å². The molecule has 0 spiro atoms. The maximum absolute atomic E-state index is 11.4. The van der Waals surface area contributed by atoms with Gasteiger partial charge in [0, 0.05) is 18.1 Å². The van der Waals surface area contributed by atoms with Gasteiger partial charge in [0.1, 0.15) is 0 Å². The summed E-state index contributed by atoms with van der Waals surface area (Å²) in [5, 5.41) is 9.38. The number of nitrogens with zero attached hydrogens (tertiary/aromatic N) is 1. The summed E-state index contributed by atoms with van der Waals surface area (Å²) in [4.78, 5) is 14.0. The van der Waals surface area contributed by atoms with Gasteiger partial charge in [0.15, 0.2) is 0 Å². The quantitative estimate of drug-likeness (QED) is 0.898. The van der Waals surface area contributed by atoms with Crippen LogP contribution in [0, 0.1) is 5.92 Å². The molecule has 2 bridgehead atoms. The van der Waals surface area contributed by atoms with E-state index in [-0.39, 0.29) is 5.92 Å². The zero-order valence-corrected chi connectivity index (χ0v) is 11.7. The van der Waals surface area contributed by atoms with Crippen LogP contribution in [-0.2, 0) is 17.6 Å². The zero-order valence-electron chi connectivity index (χ0n) is 11.7. The Balaban J connectivity index is 1.57. The van der Waals surface area contributed by atoms with Crippen LogP contribution in [0.2, 0.25) is 0 Å². The van der Waals surface area contributed by atoms with E-state index in [4.69, 9.17) is 0 Å². The van der Waals surface area contributed by atoms with Gasteiger partial charge in [-0.25, -0.2) is 0 Å². The topological polar surface area (TPSA) is 40.5 Å². The Labute approximate surface area is 119 Å². The molecule has 4 atom stereocenters. The van der Waals surface area contributed by atoms with Crippen molar-refractivity contribution in [1.82, 2.24) is 4.90 Å². The number of aryl methyl sites for hydroxylation is 1. The van der Waals surface area contributed by atoms with Gasteiger partial charge in [-0.05, 0) is 49.7 Å². The summed E-state index contributed by atoms with van der Waals surface area (Å²) in [5.74, 6) is -0.704. The number of carboxylic acid groups (broad SMARTS) is 1. The van der Waals surface area contributed by atoms with E-state index in [1.165, 1.54) is 24.0 Å². The molecule has 106 valence electrons. The van der Waals surface area contributed by atoms with Crippen LogP contribution in [0.5, 0.6) is 0 Å². The van der Waals surface area contributed by atoms with Crippen LogP contribution in [0.4, 0.5) is 0 Å². The minimum absolute atomic E-state index is 0.120. The summed E-state index contributed by atoms with van der Waals surface area (Å²) in [6.45, 7) is 0. The van der Waals surface area contributed by atoms with Crippen molar-refractivity contribution in [3.8, 4) is 0 Å². The fourth-order valence-electron chi connectivity index (χ4n) is 4.80. The standard InChI is InChI=1S/C17H21NO2/c19-17(20)15-10-14-7-8-16(15)18(14)13-6-5-11-3-1-2-4-12(11)9-13/h1-4,13-16H,5-10H2,(H,19,20). The molecule has 2 fully saturated rings. The highest BCUT2D eigenvalue weighted by atomic mass is 16.4. The molecular weight excluding hydrogens is 250 g/mol. The van der Waals surface area contributed by atoms with Crippen LogP contribution in [-0.4, -0.2) is 34.1 Å². The van der Waals surface area contributed by atoms with Crippen LogP contribution in [0.25, 0.3) is 0 Å². The van der Waals surface area contributed by atoms with Gasteiger partial charge in [-0.3, -0.25) is 9.69 Å². The van der Waals surface area contributed by atoms with Crippen LogP contribution in [0.15, 0.2) is 24.3 Å². The minimum atomic E-state index is -0.585. The molecule has 2 saturated heterocycles. The van der Waals surface area contributed by atoms with Crippen molar-refractivity contribution >= 4 is 5.97 Å². The third-order valence-electron chi connectivity index (χ3n) is 5.65. The monoisotopic (exact) mass is 271 g/mol. The van der Waals surface area contributed by atoms with Gasteiger partial charge >= 0.3 is 5.97 Å². The largest absolute Gasteiger partial charge is 0.481 e. The van der Waals surface area contributed by atoms with E-state index in [0.29, 0.717) is 18.1 Å². The molecule has 3 heteroatoms. The van der Waals surface area contributed by atoms with Gasteiger partial charge in [0.05, 0.1) is 5.92 Å². The highest BCUT2D eigenvalue weighted by molar-refractivity contribution is 5.71. The van der Waals surface area contributed by atoms with Crippen LogP contribution in [0.3, 0.4) is 0 Å². The molecule has 2 aliphatic heterocycles. The second-order valence-corrected chi connectivity index (χ2v) is 6.59. The summed E-state index contributed by atoms with van der Waals surface area (Å²) in [5.41, 5.74) is 2.96. The van der Waals surface area contributed by atoms with Crippen molar-refractivity contribution in [2.45, 2.75) is 56.7 Å². The molecule has 2 heterocycles. The molecule has 0 radical (unpaired) electrons. The first-order valence-corrected chi connectivity index (χ1v) is 7.81. The second kappa shape index (κ2) is 4.59. The summed E-state index contributed by atoms with van der Waals surface area (Å²) < 4.78 is 0. The van der Waals surface area contributed by atoms with Crippen molar-refractivity contribution in [3.63, 3.8) is 0 Å². The second-order valence-electron chi connectivity index (χ2n) is 6.59. The van der Waals surface area contributed by atoms with Crippen LogP contribution in [0.1, 0.15) is 36.8 Å². The average Bonchev–Trinajstić information content (AvgIpc) is 3.04. The predicted octanol–water partition coefficient (Wildman–Crippen LogP) is 2.48. The van der Waals surface area contributed by atoms with E-state index in [9.17, 15) is 9.90 Å². The lowest BCUT2D eigenvalue weighted by atomic mass is 9.87. The number of fused-ring (bicyclic) bond motifs is 3. The normalized spacial score (nSPS) is 36.0. The van der Waals surface area contributed by atoms with Crippen molar-refractivity contribution in [3.05, 3.63) is 35.4 Å². The van der Waals surface area contributed by atoms with Gasteiger partial charge in [-0.1, -0.05) is 24.3 Å². The first kappa shape index (κ1) is 12.4. The Morgan fingerprint density at radius 2 is 1.90 bits per heavy atom. The lowest BCUT2D eigenvalue weighted by Gasteiger charge is -2.36. The Kier molecular flexibility index (Phi) is 2.84. The zero-order chi connectivity index (χ0) is 13.7. The van der Waals surface area contributed by atoms with Crippen molar-refractivity contribution in [1.29, 1.82) is 0 Å². The Morgan fingerprint density at radius 1 is 1.10 bits per heavy atom. The van der Waals surface area contributed by atoms with Crippen molar-refractivity contribution in [2.24, 2.45) is 5.92 Å². The van der Waals surface area contributed by atoms with E-state index in [1.54, 1.807) is 0 Å². The maximum Gasteiger partial charge on any atom is 0.308 e. The predicted molar refractivity (Wildman–Crippen MR) is 76.6 cm³/mol. The molecule has 1 aliphatic carbocycles. The van der Waals surface area contributed by atoms with Crippen molar-refractivity contribution in [2.75, 3.05) is 0 Å². The number of carboxylic acids is 1. The molecule has 3 nitrogen and oxygen atoms in total. The third kappa shape index (κ3) is 1.80. The maximum atomic E-state index is 11.4. The van der Waals surface area contributed by atoms with Crippen LogP contribution < -0.4 is 0 Å². The fourth-order valence-corrected chi connectivity index (χ4v) is 4.80. The summed E-state index contributed by atoms with van der Waals surface area (Å²) in [7, 11) is 0. The van der Waals surface area contributed by atoms with Gasteiger partial charge < -0.3 is 5.11 Å². The first-order chi connectivity index (χ1) is 9.74. The smallest absolute Gasteiger partial charge is 0.308 e. The van der Waals surface area contributed by atoms with E-state index in [1.807, 2.05) is 0 Å². The number of hydrogen-bond donors (Lipinski definition) is 1. The number of benzene rings is 1. The fraction of sp³-hybridized carbons (Fsp3) is 0.588. The molecule has 0 saturated carbocycles. The van der Waals surface area contributed by atoms with Gasteiger partial charge in [-0.15, -0.1) is 0 Å². The minimum Gasteiger partial charge on any atom is -0.481 e. The summed E-state index contributed by atoms with van der Waals surface area (Å²) >= 11 is 0. The lowest BCUT2D eigenvalue weighted by Crippen LogP contribution is -2.43. The number of rotatable bonds is 2. The molecule has 20 heavy (non-hydrogen) atoms. The number of carbonyl (C=O) groups is 1.